The number of nitrogens with zero attached hydrogens (tertiary/aromatic N) is 1. The number of hydrogen-bond acceptors (Lipinski definition) is 4. The van der Waals surface area contributed by atoms with E-state index in [4.69, 9.17) is 15.6 Å². The highest BCUT2D eigenvalue weighted by Crippen LogP contribution is 2.20. The van der Waals surface area contributed by atoms with Crippen molar-refractivity contribution in [2.24, 2.45) is 5.73 Å². The average Bonchev–Trinajstić information content (AvgIpc) is 2.30. The van der Waals surface area contributed by atoms with Gasteiger partial charge in [-0.3, -0.25) is 9.78 Å². The molecule has 1 rings (SSSR count). The number of aromatic carboxylic acids is 1. The van der Waals surface area contributed by atoms with E-state index in [9.17, 15) is 9.59 Å². The maximum absolute atomic E-state index is 10.8. The molecule has 0 radical (unpaired) electrons. The number of carboxylic acids is 1. The maximum atomic E-state index is 10.8. The summed E-state index contributed by atoms with van der Waals surface area (Å²) < 4.78 is 5.16. The molecule has 0 spiro atoms. The van der Waals surface area contributed by atoms with Gasteiger partial charge in [0.15, 0.2) is 0 Å². The maximum Gasteiger partial charge on any atom is 0.335 e. The number of nitrogens with two attached hydrogens (primary N) is 1. The van der Waals surface area contributed by atoms with Gasteiger partial charge in [-0.05, 0) is 18.6 Å². The molecule has 0 fully saturated rings. The third kappa shape index (κ3) is 3.84. The fraction of sp³-hybridized carbons (Fsp3) is 0.364. The van der Waals surface area contributed by atoms with E-state index in [0.29, 0.717) is 12.1 Å². The van der Waals surface area contributed by atoms with Gasteiger partial charge in [0.05, 0.1) is 17.4 Å². The van der Waals surface area contributed by atoms with E-state index in [1.807, 2.05) is 0 Å². The number of rotatable bonds is 6. The molecule has 3 N–H and O–H groups in total. The van der Waals surface area contributed by atoms with Crippen molar-refractivity contribution in [3.8, 4) is 0 Å². The van der Waals surface area contributed by atoms with E-state index in [0.717, 1.165) is 0 Å². The largest absolute Gasteiger partial charge is 0.478 e. The van der Waals surface area contributed by atoms with Gasteiger partial charge in [0, 0.05) is 19.7 Å². The van der Waals surface area contributed by atoms with Crippen molar-refractivity contribution in [1.29, 1.82) is 0 Å². The summed E-state index contributed by atoms with van der Waals surface area (Å²) >= 11 is 0. The molecule has 6 heteroatoms. The van der Waals surface area contributed by atoms with Crippen molar-refractivity contribution in [2.75, 3.05) is 7.11 Å². The number of hydrogen-bond donors (Lipinski definition) is 2. The molecule has 1 aromatic heterocycles. The fourth-order valence-electron chi connectivity index (χ4n) is 1.42. The Labute approximate surface area is 98.4 Å². The molecule has 0 aromatic carbocycles. The smallest absolute Gasteiger partial charge is 0.335 e. The highest BCUT2D eigenvalue weighted by Gasteiger charge is 2.15. The van der Waals surface area contributed by atoms with Crippen molar-refractivity contribution in [2.45, 2.75) is 18.9 Å². The molecule has 0 aliphatic heterocycles. The Balaban J connectivity index is 2.84. The molecule has 1 aromatic rings. The molecule has 1 heterocycles. The Kier molecular flexibility index (Phi) is 4.59. The van der Waals surface area contributed by atoms with Gasteiger partial charge >= 0.3 is 5.97 Å². The SMILES string of the molecule is COC(CCC(N)=O)c1cc(C(=O)O)ccn1. The average molecular weight is 238 g/mol. The summed E-state index contributed by atoms with van der Waals surface area (Å²) in [6.07, 6.45) is 1.51. The van der Waals surface area contributed by atoms with Crippen LogP contribution in [0.4, 0.5) is 0 Å². The predicted octanol–water partition coefficient (Wildman–Crippen LogP) is 0.733. The normalized spacial score (nSPS) is 12.1. The van der Waals surface area contributed by atoms with Crippen LogP contribution in [0.2, 0.25) is 0 Å². The summed E-state index contributed by atoms with van der Waals surface area (Å²) in [7, 11) is 1.47. The fourth-order valence-corrected chi connectivity index (χ4v) is 1.42. The lowest BCUT2D eigenvalue weighted by Crippen LogP contribution is -2.14. The van der Waals surface area contributed by atoms with Crippen LogP contribution in [0.5, 0.6) is 0 Å². The number of carboxylic acid groups (broad SMARTS) is 1. The van der Waals surface area contributed by atoms with E-state index < -0.39 is 18.0 Å². The van der Waals surface area contributed by atoms with Crippen LogP contribution >= 0.6 is 0 Å². The second kappa shape index (κ2) is 5.95. The molecule has 0 bridgehead atoms. The van der Waals surface area contributed by atoms with Crippen LogP contribution in [0.15, 0.2) is 18.3 Å². The molecule has 0 aliphatic carbocycles. The third-order valence-electron chi connectivity index (χ3n) is 2.30. The number of pyridine rings is 1. The first-order valence-corrected chi connectivity index (χ1v) is 5.05. The van der Waals surface area contributed by atoms with Crippen LogP contribution in [0.25, 0.3) is 0 Å². The van der Waals surface area contributed by atoms with Crippen molar-refractivity contribution < 1.29 is 19.4 Å². The first-order valence-electron chi connectivity index (χ1n) is 5.05. The lowest BCUT2D eigenvalue weighted by atomic mass is 10.1. The lowest BCUT2D eigenvalue weighted by molar-refractivity contribution is -0.118. The summed E-state index contributed by atoms with van der Waals surface area (Å²) in [6.45, 7) is 0. The monoisotopic (exact) mass is 238 g/mol. The van der Waals surface area contributed by atoms with E-state index >= 15 is 0 Å². The highest BCUT2D eigenvalue weighted by molar-refractivity contribution is 5.87. The second-order valence-corrected chi connectivity index (χ2v) is 3.50. The second-order valence-electron chi connectivity index (χ2n) is 3.50. The molecular weight excluding hydrogens is 224 g/mol. The van der Waals surface area contributed by atoms with E-state index in [2.05, 4.69) is 4.98 Å². The Morgan fingerprint density at radius 1 is 1.59 bits per heavy atom. The number of primary amides is 1. The van der Waals surface area contributed by atoms with E-state index in [1.54, 1.807) is 0 Å². The molecule has 1 unspecified atom stereocenters. The molecule has 92 valence electrons. The lowest BCUT2D eigenvalue weighted by Gasteiger charge is -2.14. The van der Waals surface area contributed by atoms with Crippen molar-refractivity contribution in [3.05, 3.63) is 29.6 Å². The number of ether oxygens (including phenoxy) is 1. The zero-order chi connectivity index (χ0) is 12.8. The van der Waals surface area contributed by atoms with Crippen molar-refractivity contribution >= 4 is 11.9 Å². The van der Waals surface area contributed by atoms with Crippen LogP contribution < -0.4 is 5.73 Å². The van der Waals surface area contributed by atoms with Gasteiger partial charge < -0.3 is 15.6 Å². The summed E-state index contributed by atoms with van der Waals surface area (Å²) in [5.74, 6) is -1.46. The van der Waals surface area contributed by atoms with Crippen LogP contribution in [0, 0.1) is 0 Å². The molecule has 0 aliphatic rings. The van der Waals surface area contributed by atoms with Crippen LogP contribution in [0.3, 0.4) is 0 Å². The van der Waals surface area contributed by atoms with Gasteiger partial charge in [0.2, 0.25) is 5.91 Å². The van der Waals surface area contributed by atoms with E-state index in [1.165, 1.54) is 25.4 Å². The minimum absolute atomic E-state index is 0.135. The quantitative estimate of drug-likeness (QED) is 0.760. The molecule has 6 nitrogen and oxygen atoms in total. The first-order chi connectivity index (χ1) is 8.04. The zero-order valence-electron chi connectivity index (χ0n) is 9.42. The molecule has 1 atom stereocenters. The Bertz CT molecular complexity index is 420. The molecular formula is C11H14N2O4. The summed E-state index contributed by atoms with van der Waals surface area (Å²) in [5.41, 5.74) is 5.66. The molecule has 1 amide bonds. The van der Waals surface area contributed by atoms with Gasteiger partial charge in [-0.2, -0.15) is 0 Å². The standard InChI is InChI=1S/C11H14N2O4/c1-17-9(2-3-10(12)14)8-6-7(11(15)16)4-5-13-8/h4-6,9H,2-3H2,1H3,(H2,12,14)(H,15,16). The number of aromatic nitrogens is 1. The summed E-state index contributed by atoms with van der Waals surface area (Å²) in [5, 5.41) is 8.84. The minimum Gasteiger partial charge on any atom is -0.478 e. The van der Waals surface area contributed by atoms with Gasteiger partial charge in [-0.15, -0.1) is 0 Å². The number of methoxy groups -OCH3 is 1. The number of carbonyl (C=O) groups excluding carboxylic acids is 1. The minimum atomic E-state index is -1.03. The van der Waals surface area contributed by atoms with E-state index in [-0.39, 0.29) is 12.0 Å². The Morgan fingerprint density at radius 3 is 2.82 bits per heavy atom. The topological polar surface area (TPSA) is 103 Å². The Hall–Kier alpha value is -1.95. The Morgan fingerprint density at radius 2 is 2.29 bits per heavy atom. The molecule has 0 saturated carbocycles. The summed E-state index contributed by atoms with van der Waals surface area (Å²) in [6, 6.07) is 2.82. The number of carbonyl (C=O) groups is 2. The van der Waals surface area contributed by atoms with Crippen LogP contribution in [0.1, 0.15) is 35.0 Å². The zero-order valence-corrected chi connectivity index (χ0v) is 9.42. The van der Waals surface area contributed by atoms with Crippen molar-refractivity contribution in [1.82, 2.24) is 4.98 Å². The summed E-state index contributed by atoms with van der Waals surface area (Å²) in [4.78, 5) is 25.5. The first kappa shape index (κ1) is 13.1. The highest BCUT2D eigenvalue weighted by atomic mass is 16.5. The van der Waals surface area contributed by atoms with Gasteiger partial charge in [0.25, 0.3) is 0 Å². The van der Waals surface area contributed by atoms with Gasteiger partial charge in [-0.25, -0.2) is 4.79 Å². The van der Waals surface area contributed by atoms with Gasteiger partial charge in [0.1, 0.15) is 0 Å². The van der Waals surface area contributed by atoms with Crippen LogP contribution in [-0.2, 0) is 9.53 Å². The molecule has 0 saturated heterocycles. The predicted molar refractivity (Wildman–Crippen MR) is 59.4 cm³/mol. The van der Waals surface area contributed by atoms with Crippen molar-refractivity contribution in [3.63, 3.8) is 0 Å². The molecule has 17 heavy (non-hydrogen) atoms. The van der Waals surface area contributed by atoms with Crippen LogP contribution in [-0.4, -0.2) is 29.1 Å². The third-order valence-corrected chi connectivity index (χ3v) is 2.30. The number of amides is 1. The van der Waals surface area contributed by atoms with Gasteiger partial charge in [-0.1, -0.05) is 0 Å².